The number of carbonyl (C=O) groups is 2. The molecular formula is C34H39NO5. The number of nitrogens with zero attached hydrogens (tertiary/aromatic N) is 1. The number of methoxy groups -OCH3 is 2. The summed E-state index contributed by atoms with van der Waals surface area (Å²) in [6.07, 6.45) is 0. The zero-order valence-electron chi connectivity index (χ0n) is 24.7. The van der Waals surface area contributed by atoms with E-state index in [2.05, 4.69) is 20.8 Å². The Balaban J connectivity index is 1.92. The molecule has 0 aliphatic carbocycles. The molecule has 1 aliphatic heterocycles. The minimum atomic E-state index is -0.760. The van der Waals surface area contributed by atoms with Crippen molar-refractivity contribution in [2.45, 2.75) is 65.5 Å². The van der Waals surface area contributed by atoms with Crippen LogP contribution in [0, 0.1) is 6.92 Å². The topological polar surface area (TPSA) is 76.1 Å². The molecule has 6 nitrogen and oxygen atoms in total. The second-order valence-corrected chi connectivity index (χ2v) is 11.7. The molecule has 210 valence electrons. The van der Waals surface area contributed by atoms with E-state index in [1.165, 1.54) is 4.90 Å². The summed E-state index contributed by atoms with van der Waals surface area (Å²) in [5.74, 6) is -0.0278. The van der Waals surface area contributed by atoms with Gasteiger partial charge in [0.1, 0.15) is 17.3 Å². The molecule has 0 radical (unpaired) electrons. The van der Waals surface area contributed by atoms with Crippen LogP contribution in [-0.4, -0.2) is 35.9 Å². The van der Waals surface area contributed by atoms with Crippen LogP contribution in [0.3, 0.4) is 0 Å². The van der Waals surface area contributed by atoms with Crippen LogP contribution in [0.5, 0.6) is 11.5 Å². The largest absolute Gasteiger partial charge is 0.507 e. The van der Waals surface area contributed by atoms with E-state index >= 15 is 0 Å². The van der Waals surface area contributed by atoms with Crippen LogP contribution in [-0.2, 0) is 21.5 Å². The smallest absolute Gasteiger partial charge is 0.295 e. The second-order valence-electron chi connectivity index (χ2n) is 11.7. The molecule has 0 aromatic heterocycles. The summed E-state index contributed by atoms with van der Waals surface area (Å²) in [6.45, 7) is 12.5. The number of hydrogen-bond donors (Lipinski definition) is 1. The molecule has 40 heavy (non-hydrogen) atoms. The van der Waals surface area contributed by atoms with Gasteiger partial charge in [-0.15, -0.1) is 0 Å². The van der Waals surface area contributed by atoms with Gasteiger partial charge in [0, 0.05) is 12.1 Å². The summed E-state index contributed by atoms with van der Waals surface area (Å²) >= 11 is 0. The first kappa shape index (κ1) is 28.9. The van der Waals surface area contributed by atoms with E-state index in [-0.39, 0.29) is 29.2 Å². The van der Waals surface area contributed by atoms with Gasteiger partial charge in [-0.25, -0.2) is 0 Å². The number of benzene rings is 3. The average molecular weight is 542 g/mol. The van der Waals surface area contributed by atoms with Crippen molar-refractivity contribution in [1.82, 2.24) is 4.90 Å². The van der Waals surface area contributed by atoms with Crippen LogP contribution in [0.15, 0.2) is 66.2 Å². The number of likely N-dealkylation sites (tertiary alicyclic amines) is 1. The van der Waals surface area contributed by atoms with E-state index in [1.807, 2.05) is 81.4 Å². The molecule has 3 aromatic rings. The Bertz CT molecular complexity index is 1460. The van der Waals surface area contributed by atoms with Gasteiger partial charge < -0.3 is 19.5 Å². The Morgan fingerprint density at radius 3 is 2.23 bits per heavy atom. The highest BCUT2D eigenvalue weighted by atomic mass is 16.5. The fourth-order valence-corrected chi connectivity index (χ4v) is 5.25. The highest BCUT2D eigenvalue weighted by Gasteiger charge is 2.46. The lowest BCUT2D eigenvalue weighted by atomic mass is 9.85. The van der Waals surface area contributed by atoms with Gasteiger partial charge in [-0.1, -0.05) is 71.0 Å². The number of rotatable bonds is 7. The Morgan fingerprint density at radius 2 is 1.65 bits per heavy atom. The lowest BCUT2D eigenvalue weighted by molar-refractivity contribution is -0.140. The van der Waals surface area contributed by atoms with Crippen molar-refractivity contribution in [2.24, 2.45) is 0 Å². The number of ether oxygens (including phenoxy) is 2. The Kier molecular flexibility index (Phi) is 8.10. The fourth-order valence-electron chi connectivity index (χ4n) is 5.25. The van der Waals surface area contributed by atoms with E-state index < -0.39 is 17.7 Å². The van der Waals surface area contributed by atoms with Crippen molar-refractivity contribution in [2.75, 3.05) is 14.2 Å². The summed E-state index contributed by atoms with van der Waals surface area (Å²) in [5.41, 5.74) is 4.90. The van der Waals surface area contributed by atoms with Gasteiger partial charge >= 0.3 is 0 Å². The molecule has 0 bridgehead atoms. The minimum Gasteiger partial charge on any atom is -0.507 e. The summed E-state index contributed by atoms with van der Waals surface area (Å²) in [5, 5.41) is 11.8. The molecule has 1 atom stereocenters. The van der Waals surface area contributed by atoms with Crippen molar-refractivity contribution in [3.05, 3.63) is 99.6 Å². The number of amides is 1. The molecule has 6 heteroatoms. The summed E-state index contributed by atoms with van der Waals surface area (Å²) in [6, 6.07) is 18.3. The van der Waals surface area contributed by atoms with E-state index in [0.717, 1.165) is 33.6 Å². The number of carbonyl (C=O) groups excluding carboxylic acids is 2. The van der Waals surface area contributed by atoms with Crippen LogP contribution in [0.4, 0.5) is 0 Å². The normalized spacial score (nSPS) is 17.0. The first-order valence-corrected chi connectivity index (χ1v) is 13.6. The first-order chi connectivity index (χ1) is 18.9. The molecule has 0 saturated carbocycles. The molecule has 1 fully saturated rings. The van der Waals surface area contributed by atoms with Crippen molar-refractivity contribution in [3.8, 4) is 11.5 Å². The predicted octanol–water partition coefficient (Wildman–Crippen LogP) is 7.06. The molecule has 1 unspecified atom stereocenters. The van der Waals surface area contributed by atoms with Crippen molar-refractivity contribution in [3.63, 3.8) is 0 Å². The highest BCUT2D eigenvalue weighted by Crippen LogP contribution is 2.42. The lowest BCUT2D eigenvalue weighted by Crippen LogP contribution is -2.29. The van der Waals surface area contributed by atoms with Crippen LogP contribution in [0.2, 0.25) is 0 Å². The minimum absolute atomic E-state index is 0.0611. The molecule has 1 saturated heterocycles. The van der Waals surface area contributed by atoms with Gasteiger partial charge in [0.2, 0.25) is 0 Å². The maximum Gasteiger partial charge on any atom is 0.295 e. The zero-order chi connectivity index (χ0) is 29.4. The number of ketones is 1. The maximum atomic E-state index is 13.6. The zero-order valence-corrected chi connectivity index (χ0v) is 24.7. The Labute approximate surface area is 237 Å². The van der Waals surface area contributed by atoms with Crippen molar-refractivity contribution >= 4 is 17.4 Å². The number of Topliss-reactive ketones (excluding diaryl/α,β-unsaturated/α-hetero) is 1. The first-order valence-electron chi connectivity index (χ1n) is 13.6. The average Bonchev–Trinajstić information content (AvgIpc) is 3.16. The van der Waals surface area contributed by atoms with Crippen molar-refractivity contribution in [1.29, 1.82) is 0 Å². The molecule has 4 rings (SSSR count). The van der Waals surface area contributed by atoms with Gasteiger partial charge in [0.15, 0.2) is 0 Å². The number of hydrogen-bond acceptors (Lipinski definition) is 5. The van der Waals surface area contributed by atoms with Crippen molar-refractivity contribution < 1.29 is 24.2 Å². The molecule has 1 N–H and O–H groups in total. The second kappa shape index (κ2) is 11.2. The third kappa shape index (κ3) is 5.48. The fraction of sp³-hybridized carbons (Fsp3) is 0.353. The lowest BCUT2D eigenvalue weighted by Gasteiger charge is -2.27. The SMILES string of the molecule is COc1cccc(CN2C(=O)C(=O)/C(=C(/O)c3cc(C(C)C)c(OC)cc3C)C2c2ccc(C(C)(C)C)cc2)c1. The Hall–Kier alpha value is -4.06. The van der Waals surface area contributed by atoms with Gasteiger partial charge in [-0.3, -0.25) is 9.59 Å². The van der Waals surface area contributed by atoms with Crippen LogP contribution < -0.4 is 9.47 Å². The predicted molar refractivity (Wildman–Crippen MR) is 158 cm³/mol. The van der Waals surface area contributed by atoms with E-state index in [9.17, 15) is 14.7 Å². The van der Waals surface area contributed by atoms with Gasteiger partial charge in [-0.05, 0) is 70.3 Å². The van der Waals surface area contributed by atoms with Crippen LogP contribution >= 0.6 is 0 Å². The van der Waals surface area contributed by atoms with E-state index in [0.29, 0.717) is 11.3 Å². The molecule has 0 spiro atoms. The Morgan fingerprint density at radius 1 is 0.975 bits per heavy atom. The highest BCUT2D eigenvalue weighted by molar-refractivity contribution is 6.46. The van der Waals surface area contributed by atoms with Gasteiger partial charge in [0.05, 0.1) is 25.8 Å². The maximum absolute atomic E-state index is 13.6. The third-order valence-electron chi connectivity index (χ3n) is 7.57. The van der Waals surface area contributed by atoms with Gasteiger partial charge in [-0.2, -0.15) is 0 Å². The molecule has 1 amide bonds. The van der Waals surface area contributed by atoms with E-state index in [4.69, 9.17) is 9.47 Å². The molecular weight excluding hydrogens is 502 g/mol. The monoisotopic (exact) mass is 541 g/mol. The van der Waals surface area contributed by atoms with E-state index in [1.54, 1.807) is 14.2 Å². The third-order valence-corrected chi connectivity index (χ3v) is 7.57. The van der Waals surface area contributed by atoms with Crippen LogP contribution in [0.25, 0.3) is 5.76 Å². The summed E-state index contributed by atoms with van der Waals surface area (Å²) in [7, 11) is 3.20. The summed E-state index contributed by atoms with van der Waals surface area (Å²) in [4.78, 5) is 28.7. The number of aryl methyl sites for hydroxylation is 1. The molecule has 1 heterocycles. The van der Waals surface area contributed by atoms with Crippen LogP contribution in [0.1, 0.15) is 80.0 Å². The van der Waals surface area contributed by atoms with Gasteiger partial charge in [0.25, 0.3) is 11.7 Å². The summed E-state index contributed by atoms with van der Waals surface area (Å²) < 4.78 is 11.0. The standard InChI is InChI=1S/C34H39NO5/c1-20(2)26-18-27(21(3)16-28(26)40-8)31(36)29-30(23-12-14-24(15-13-23)34(4,5)6)35(33(38)32(29)37)19-22-10-9-11-25(17-22)39-7/h9-18,20,30,36H,19H2,1-8H3/b31-29+. The molecule has 3 aromatic carbocycles. The quantitative estimate of drug-likeness (QED) is 0.197. The number of aliphatic hydroxyl groups is 1. The molecule has 1 aliphatic rings. The number of aliphatic hydroxyl groups excluding tert-OH is 1.